The van der Waals surface area contributed by atoms with Crippen molar-refractivity contribution >= 4 is 23.1 Å². The van der Waals surface area contributed by atoms with Crippen molar-refractivity contribution < 1.29 is 4.42 Å². The molecular weight excluding hydrogens is 304 g/mol. The number of rotatable bonds is 5. The molecule has 0 atom stereocenters. The van der Waals surface area contributed by atoms with Gasteiger partial charge in [-0.05, 0) is 32.2 Å². The molecule has 7 heteroatoms. The highest BCUT2D eigenvalue weighted by molar-refractivity contribution is 7.98. The predicted octanol–water partition coefficient (Wildman–Crippen LogP) is 4.18. The van der Waals surface area contributed by atoms with E-state index in [-0.39, 0.29) is 0 Å². The molecule has 21 heavy (non-hydrogen) atoms. The molecule has 3 aromatic heterocycles. The molecule has 0 aliphatic rings. The van der Waals surface area contributed by atoms with E-state index in [1.165, 1.54) is 0 Å². The first-order chi connectivity index (χ1) is 10.1. The molecular formula is C14H16N4OS2. The zero-order valence-corrected chi connectivity index (χ0v) is 13.7. The Bertz CT molecular complexity index is 715. The second-order valence-corrected chi connectivity index (χ2v) is 6.66. The summed E-state index contributed by atoms with van der Waals surface area (Å²) in [5, 5.41) is 13.1. The third kappa shape index (κ3) is 3.03. The largest absolute Gasteiger partial charge is 0.441 e. The molecule has 3 rings (SSSR count). The van der Waals surface area contributed by atoms with Crippen LogP contribution in [0.3, 0.4) is 0 Å². The summed E-state index contributed by atoms with van der Waals surface area (Å²) < 4.78 is 7.80. The zero-order chi connectivity index (χ0) is 14.8. The standard InChI is InChI=1S/C14H16N4OS2/c1-9(2)18-8-15-17-14(18)21-7-12-10(3)19-13(16-12)11-4-5-20-6-11/h4-6,8-9H,7H2,1-3H3. The van der Waals surface area contributed by atoms with Gasteiger partial charge in [0, 0.05) is 22.7 Å². The number of aryl methyl sites for hydroxylation is 1. The van der Waals surface area contributed by atoms with Crippen molar-refractivity contribution in [3.63, 3.8) is 0 Å². The van der Waals surface area contributed by atoms with Crippen LogP contribution in [0.1, 0.15) is 31.3 Å². The van der Waals surface area contributed by atoms with Gasteiger partial charge in [-0.2, -0.15) is 11.3 Å². The van der Waals surface area contributed by atoms with E-state index in [2.05, 4.69) is 33.6 Å². The summed E-state index contributed by atoms with van der Waals surface area (Å²) >= 11 is 3.27. The second kappa shape index (κ2) is 6.03. The van der Waals surface area contributed by atoms with Crippen LogP contribution in [0.15, 0.2) is 32.7 Å². The lowest BCUT2D eigenvalue weighted by atomic mass is 10.3. The highest BCUT2D eigenvalue weighted by Crippen LogP contribution is 2.28. The third-order valence-corrected chi connectivity index (χ3v) is 4.75. The van der Waals surface area contributed by atoms with Gasteiger partial charge in [0.25, 0.3) is 0 Å². The molecule has 3 heterocycles. The summed E-state index contributed by atoms with van der Waals surface area (Å²) in [6.45, 7) is 6.18. The smallest absolute Gasteiger partial charge is 0.227 e. The van der Waals surface area contributed by atoms with E-state index in [1.807, 2.05) is 23.8 Å². The summed E-state index contributed by atoms with van der Waals surface area (Å²) in [5.74, 6) is 2.28. The lowest BCUT2D eigenvalue weighted by molar-refractivity contribution is 0.540. The van der Waals surface area contributed by atoms with Crippen molar-refractivity contribution in [2.24, 2.45) is 0 Å². The van der Waals surface area contributed by atoms with E-state index in [4.69, 9.17) is 4.42 Å². The molecule has 0 amide bonds. The Kier molecular flexibility index (Phi) is 4.12. The fourth-order valence-electron chi connectivity index (χ4n) is 1.89. The molecule has 0 fully saturated rings. The minimum atomic E-state index is 0.349. The summed E-state index contributed by atoms with van der Waals surface area (Å²) in [4.78, 5) is 4.59. The molecule has 0 saturated heterocycles. The molecule has 0 unspecified atom stereocenters. The molecule has 0 aliphatic carbocycles. The maximum Gasteiger partial charge on any atom is 0.227 e. The molecule has 0 aromatic carbocycles. The lowest BCUT2D eigenvalue weighted by Gasteiger charge is -2.08. The van der Waals surface area contributed by atoms with Crippen molar-refractivity contribution in [2.45, 2.75) is 37.7 Å². The van der Waals surface area contributed by atoms with Crippen molar-refractivity contribution in [1.29, 1.82) is 0 Å². The number of nitrogens with zero attached hydrogens (tertiary/aromatic N) is 4. The topological polar surface area (TPSA) is 56.7 Å². The minimum absolute atomic E-state index is 0.349. The average Bonchev–Trinajstić information content (AvgIpc) is 3.17. The number of thioether (sulfide) groups is 1. The van der Waals surface area contributed by atoms with Crippen molar-refractivity contribution in [2.75, 3.05) is 0 Å². The van der Waals surface area contributed by atoms with E-state index in [1.54, 1.807) is 29.4 Å². The molecule has 0 bridgehead atoms. The average molecular weight is 320 g/mol. The van der Waals surface area contributed by atoms with Gasteiger partial charge in [0.15, 0.2) is 5.16 Å². The molecule has 0 saturated carbocycles. The van der Waals surface area contributed by atoms with E-state index in [0.29, 0.717) is 11.9 Å². The maximum atomic E-state index is 5.75. The van der Waals surface area contributed by atoms with Crippen molar-refractivity contribution in [3.05, 3.63) is 34.6 Å². The van der Waals surface area contributed by atoms with Crippen LogP contribution in [-0.4, -0.2) is 19.7 Å². The Balaban J connectivity index is 1.75. The zero-order valence-electron chi connectivity index (χ0n) is 12.1. The summed E-state index contributed by atoms with van der Waals surface area (Å²) in [6, 6.07) is 2.37. The van der Waals surface area contributed by atoms with Gasteiger partial charge in [-0.1, -0.05) is 11.8 Å². The highest BCUT2D eigenvalue weighted by Gasteiger charge is 2.14. The third-order valence-electron chi connectivity index (χ3n) is 3.10. The predicted molar refractivity (Wildman–Crippen MR) is 84.5 cm³/mol. The number of hydrogen-bond donors (Lipinski definition) is 0. The Labute approximate surface area is 131 Å². The molecule has 0 aliphatic heterocycles. The van der Waals surface area contributed by atoms with Crippen LogP contribution in [0.4, 0.5) is 0 Å². The number of aromatic nitrogens is 4. The first kappa shape index (κ1) is 14.3. The summed E-state index contributed by atoms with van der Waals surface area (Å²) in [6.07, 6.45) is 1.76. The van der Waals surface area contributed by atoms with Gasteiger partial charge >= 0.3 is 0 Å². The van der Waals surface area contributed by atoms with Crippen LogP contribution in [0.5, 0.6) is 0 Å². The minimum Gasteiger partial charge on any atom is -0.441 e. The molecule has 3 aromatic rings. The Hall–Kier alpha value is -1.60. The molecule has 110 valence electrons. The highest BCUT2D eigenvalue weighted by atomic mass is 32.2. The van der Waals surface area contributed by atoms with Gasteiger partial charge in [-0.25, -0.2) is 4.98 Å². The van der Waals surface area contributed by atoms with Crippen LogP contribution >= 0.6 is 23.1 Å². The fourth-order valence-corrected chi connectivity index (χ4v) is 3.57. The molecule has 0 radical (unpaired) electrons. The Morgan fingerprint density at radius 2 is 2.29 bits per heavy atom. The Morgan fingerprint density at radius 3 is 3.00 bits per heavy atom. The van der Waals surface area contributed by atoms with Gasteiger partial charge in [0.05, 0.1) is 5.69 Å². The lowest BCUT2D eigenvalue weighted by Crippen LogP contribution is -2.01. The van der Waals surface area contributed by atoms with Crippen LogP contribution in [0.2, 0.25) is 0 Å². The van der Waals surface area contributed by atoms with E-state index < -0.39 is 0 Å². The Morgan fingerprint density at radius 1 is 1.43 bits per heavy atom. The van der Waals surface area contributed by atoms with Crippen LogP contribution in [-0.2, 0) is 5.75 Å². The number of hydrogen-bond acceptors (Lipinski definition) is 6. The summed E-state index contributed by atoms with van der Waals surface area (Å²) in [7, 11) is 0. The van der Waals surface area contributed by atoms with E-state index in [9.17, 15) is 0 Å². The van der Waals surface area contributed by atoms with Gasteiger partial charge in [0.1, 0.15) is 12.1 Å². The fraction of sp³-hybridized carbons (Fsp3) is 0.357. The summed E-state index contributed by atoms with van der Waals surface area (Å²) in [5.41, 5.74) is 1.99. The van der Waals surface area contributed by atoms with Gasteiger partial charge in [-0.15, -0.1) is 10.2 Å². The van der Waals surface area contributed by atoms with Crippen molar-refractivity contribution in [3.8, 4) is 11.5 Å². The van der Waals surface area contributed by atoms with Crippen LogP contribution in [0, 0.1) is 6.92 Å². The van der Waals surface area contributed by atoms with Gasteiger partial charge in [0.2, 0.25) is 5.89 Å². The monoisotopic (exact) mass is 320 g/mol. The first-order valence-electron chi connectivity index (χ1n) is 6.66. The molecule has 5 nitrogen and oxygen atoms in total. The van der Waals surface area contributed by atoms with Crippen LogP contribution in [0.25, 0.3) is 11.5 Å². The van der Waals surface area contributed by atoms with Crippen molar-refractivity contribution in [1.82, 2.24) is 19.7 Å². The van der Waals surface area contributed by atoms with Gasteiger partial charge in [-0.3, -0.25) is 0 Å². The molecule has 0 spiro atoms. The number of thiophene rings is 1. The quantitative estimate of drug-likeness (QED) is 0.660. The maximum absolute atomic E-state index is 5.75. The normalized spacial score (nSPS) is 11.4. The first-order valence-corrected chi connectivity index (χ1v) is 8.59. The molecule has 0 N–H and O–H groups in total. The second-order valence-electron chi connectivity index (χ2n) is 4.94. The van der Waals surface area contributed by atoms with E-state index >= 15 is 0 Å². The SMILES string of the molecule is Cc1oc(-c2ccsc2)nc1CSc1nncn1C(C)C. The van der Waals surface area contributed by atoms with Crippen LogP contribution < -0.4 is 0 Å². The van der Waals surface area contributed by atoms with Gasteiger partial charge < -0.3 is 8.98 Å². The van der Waals surface area contributed by atoms with E-state index in [0.717, 1.165) is 27.9 Å². The number of oxazole rings is 1.